The highest BCUT2D eigenvalue weighted by Crippen LogP contribution is 2.31. The van der Waals surface area contributed by atoms with Gasteiger partial charge in [-0.2, -0.15) is 13.2 Å². The van der Waals surface area contributed by atoms with Crippen molar-refractivity contribution in [1.29, 1.82) is 0 Å². The van der Waals surface area contributed by atoms with Crippen molar-refractivity contribution in [2.24, 2.45) is 5.92 Å². The molecule has 1 fully saturated rings. The molecule has 3 unspecified atom stereocenters. The van der Waals surface area contributed by atoms with E-state index in [1.54, 1.807) is 0 Å². The minimum atomic E-state index is -4.16. The minimum absolute atomic E-state index is 0.0257. The van der Waals surface area contributed by atoms with Gasteiger partial charge in [0.25, 0.3) is 0 Å². The molecule has 0 radical (unpaired) electrons. The van der Waals surface area contributed by atoms with Crippen LogP contribution in [0.25, 0.3) is 0 Å². The van der Waals surface area contributed by atoms with Crippen LogP contribution in [-0.2, 0) is 4.79 Å². The molecule has 0 aromatic heterocycles. The van der Waals surface area contributed by atoms with Gasteiger partial charge < -0.3 is 10.6 Å². The molecule has 19 heavy (non-hydrogen) atoms. The summed E-state index contributed by atoms with van der Waals surface area (Å²) < 4.78 is 37.4. The van der Waals surface area contributed by atoms with Crippen molar-refractivity contribution in [3.63, 3.8) is 0 Å². The van der Waals surface area contributed by atoms with E-state index in [1.807, 2.05) is 6.92 Å². The maximum atomic E-state index is 12.5. The second-order valence-corrected chi connectivity index (χ2v) is 5.33. The van der Waals surface area contributed by atoms with Crippen LogP contribution >= 0.6 is 0 Å². The first-order chi connectivity index (χ1) is 8.84. The zero-order chi connectivity index (χ0) is 14.5. The molecule has 2 N–H and O–H groups in total. The van der Waals surface area contributed by atoms with Crippen molar-refractivity contribution in [3.05, 3.63) is 0 Å². The summed E-state index contributed by atoms with van der Waals surface area (Å²) in [4.78, 5) is 11.9. The molecule has 0 aromatic rings. The number of unbranched alkanes of at least 4 members (excludes halogenated alkanes) is 1. The summed E-state index contributed by atoms with van der Waals surface area (Å²) in [7, 11) is 0. The van der Waals surface area contributed by atoms with E-state index < -0.39 is 18.1 Å². The Morgan fingerprint density at radius 1 is 1.42 bits per heavy atom. The second-order valence-electron chi connectivity index (χ2n) is 5.33. The van der Waals surface area contributed by atoms with E-state index in [1.165, 1.54) is 0 Å². The van der Waals surface area contributed by atoms with Crippen LogP contribution in [-0.4, -0.2) is 30.7 Å². The standard InChI is InChI=1S/C13H23F3N2O/c1-3-4-5-9(2)18-12(19)11-7-6-10(8-17-11)13(14,15)16/h9-11,17H,3-8H2,1-2H3,(H,18,19). The van der Waals surface area contributed by atoms with Crippen LogP contribution in [0, 0.1) is 5.92 Å². The zero-order valence-corrected chi connectivity index (χ0v) is 11.5. The first kappa shape index (κ1) is 16.3. The van der Waals surface area contributed by atoms with Gasteiger partial charge in [-0.1, -0.05) is 19.8 Å². The first-order valence-electron chi connectivity index (χ1n) is 6.95. The molecule has 0 aromatic carbocycles. The number of carbonyl (C=O) groups is 1. The lowest BCUT2D eigenvalue weighted by atomic mass is 9.93. The molecule has 0 saturated carbocycles. The Labute approximate surface area is 112 Å². The van der Waals surface area contributed by atoms with Gasteiger partial charge in [-0.05, 0) is 26.2 Å². The van der Waals surface area contributed by atoms with Crippen LogP contribution in [0.2, 0.25) is 0 Å². The average Bonchev–Trinajstić information content (AvgIpc) is 2.35. The third-order valence-electron chi connectivity index (χ3n) is 3.57. The predicted octanol–water partition coefficient (Wildman–Crippen LogP) is 2.61. The Kier molecular flexibility index (Phi) is 6.10. The van der Waals surface area contributed by atoms with Gasteiger partial charge in [0.05, 0.1) is 12.0 Å². The summed E-state index contributed by atoms with van der Waals surface area (Å²) in [5.41, 5.74) is 0. The minimum Gasteiger partial charge on any atom is -0.352 e. The van der Waals surface area contributed by atoms with Crippen molar-refractivity contribution < 1.29 is 18.0 Å². The number of alkyl halides is 3. The second kappa shape index (κ2) is 7.12. The van der Waals surface area contributed by atoms with E-state index >= 15 is 0 Å². The summed E-state index contributed by atoms with van der Waals surface area (Å²) in [5, 5.41) is 5.56. The number of nitrogens with one attached hydrogen (secondary N) is 2. The lowest BCUT2D eigenvalue weighted by molar-refractivity contribution is -0.180. The Bertz CT molecular complexity index is 286. The predicted molar refractivity (Wildman–Crippen MR) is 67.7 cm³/mol. The van der Waals surface area contributed by atoms with E-state index in [4.69, 9.17) is 0 Å². The molecule has 3 atom stereocenters. The number of hydrogen-bond acceptors (Lipinski definition) is 2. The number of hydrogen-bond donors (Lipinski definition) is 2. The summed E-state index contributed by atoms with van der Waals surface area (Å²) >= 11 is 0. The molecule has 1 aliphatic heterocycles. The Morgan fingerprint density at radius 2 is 2.11 bits per heavy atom. The summed E-state index contributed by atoms with van der Waals surface area (Å²) in [6.07, 6.45) is -0.887. The summed E-state index contributed by atoms with van der Waals surface area (Å²) in [6, 6.07) is -0.405. The summed E-state index contributed by atoms with van der Waals surface area (Å²) in [6.45, 7) is 3.84. The van der Waals surface area contributed by atoms with E-state index in [0.717, 1.165) is 19.3 Å². The molecular weight excluding hydrogens is 257 g/mol. The summed E-state index contributed by atoms with van der Waals surface area (Å²) in [5.74, 6) is -1.50. The van der Waals surface area contributed by atoms with Gasteiger partial charge in [0.1, 0.15) is 0 Å². The fourth-order valence-corrected chi connectivity index (χ4v) is 2.29. The van der Waals surface area contributed by atoms with Gasteiger partial charge in [-0.3, -0.25) is 4.79 Å². The van der Waals surface area contributed by atoms with Crippen molar-refractivity contribution in [3.8, 4) is 0 Å². The molecule has 1 saturated heterocycles. The fraction of sp³-hybridized carbons (Fsp3) is 0.923. The van der Waals surface area contributed by atoms with E-state index in [2.05, 4.69) is 17.6 Å². The third-order valence-corrected chi connectivity index (χ3v) is 3.57. The van der Waals surface area contributed by atoms with Crippen molar-refractivity contribution in [1.82, 2.24) is 10.6 Å². The Hall–Kier alpha value is -0.780. The molecular formula is C13H23F3N2O. The number of amides is 1. The van der Waals surface area contributed by atoms with E-state index in [9.17, 15) is 18.0 Å². The van der Waals surface area contributed by atoms with Crippen LogP contribution in [0.5, 0.6) is 0 Å². The van der Waals surface area contributed by atoms with Gasteiger partial charge in [0.15, 0.2) is 0 Å². The number of piperidine rings is 1. The smallest absolute Gasteiger partial charge is 0.352 e. The SMILES string of the molecule is CCCCC(C)NC(=O)C1CCC(C(F)(F)F)CN1. The maximum Gasteiger partial charge on any atom is 0.393 e. The lowest BCUT2D eigenvalue weighted by Gasteiger charge is -2.31. The fourth-order valence-electron chi connectivity index (χ4n) is 2.29. The number of rotatable bonds is 5. The lowest BCUT2D eigenvalue weighted by Crippen LogP contribution is -2.52. The van der Waals surface area contributed by atoms with Crippen LogP contribution in [0.15, 0.2) is 0 Å². The first-order valence-corrected chi connectivity index (χ1v) is 6.95. The van der Waals surface area contributed by atoms with Crippen LogP contribution in [0.4, 0.5) is 13.2 Å². The highest BCUT2D eigenvalue weighted by atomic mass is 19.4. The molecule has 1 aliphatic rings. The Balaban J connectivity index is 2.33. The highest BCUT2D eigenvalue weighted by Gasteiger charge is 2.42. The van der Waals surface area contributed by atoms with Crippen molar-refractivity contribution in [2.45, 2.75) is 64.2 Å². The number of carbonyl (C=O) groups excluding carboxylic acids is 1. The molecule has 0 aliphatic carbocycles. The zero-order valence-electron chi connectivity index (χ0n) is 11.5. The van der Waals surface area contributed by atoms with Crippen molar-refractivity contribution >= 4 is 5.91 Å². The Morgan fingerprint density at radius 3 is 2.58 bits per heavy atom. The number of halogens is 3. The van der Waals surface area contributed by atoms with Crippen LogP contribution in [0.1, 0.15) is 46.0 Å². The third kappa shape index (κ3) is 5.38. The molecule has 0 bridgehead atoms. The van der Waals surface area contributed by atoms with Gasteiger partial charge in [-0.15, -0.1) is 0 Å². The molecule has 6 heteroatoms. The molecule has 1 amide bonds. The highest BCUT2D eigenvalue weighted by molar-refractivity contribution is 5.82. The molecule has 112 valence electrons. The van der Waals surface area contributed by atoms with Gasteiger partial charge in [0, 0.05) is 12.6 Å². The van der Waals surface area contributed by atoms with Crippen molar-refractivity contribution in [2.75, 3.05) is 6.54 Å². The van der Waals surface area contributed by atoms with E-state index in [0.29, 0.717) is 0 Å². The molecule has 3 nitrogen and oxygen atoms in total. The monoisotopic (exact) mass is 280 g/mol. The molecule has 1 rings (SSSR count). The van der Waals surface area contributed by atoms with E-state index in [-0.39, 0.29) is 31.3 Å². The largest absolute Gasteiger partial charge is 0.393 e. The van der Waals surface area contributed by atoms with Gasteiger partial charge >= 0.3 is 6.18 Å². The maximum absolute atomic E-state index is 12.5. The normalized spacial score (nSPS) is 25.9. The van der Waals surface area contributed by atoms with Gasteiger partial charge in [-0.25, -0.2) is 0 Å². The average molecular weight is 280 g/mol. The molecule has 1 heterocycles. The van der Waals surface area contributed by atoms with Gasteiger partial charge in [0.2, 0.25) is 5.91 Å². The topological polar surface area (TPSA) is 41.1 Å². The van der Waals surface area contributed by atoms with Crippen LogP contribution < -0.4 is 10.6 Å². The molecule has 0 spiro atoms. The quantitative estimate of drug-likeness (QED) is 0.813. The van der Waals surface area contributed by atoms with Crippen LogP contribution in [0.3, 0.4) is 0 Å².